The highest BCUT2D eigenvalue weighted by atomic mass is 35.5. The molecule has 100 valence electrons. The summed E-state index contributed by atoms with van der Waals surface area (Å²) in [5, 5.41) is 0.490. The molecule has 0 aromatic heterocycles. The summed E-state index contributed by atoms with van der Waals surface area (Å²) in [5.41, 5.74) is 6.77. The normalized spacial score (nSPS) is 22.3. The fourth-order valence-corrected chi connectivity index (χ4v) is 2.58. The van der Waals surface area contributed by atoms with Crippen molar-refractivity contribution in [1.29, 1.82) is 0 Å². The summed E-state index contributed by atoms with van der Waals surface area (Å²) in [5.74, 6) is -0.294. The number of likely N-dealkylation sites (N-methyl/N-ethyl adjacent to an activating group) is 1. The van der Waals surface area contributed by atoms with E-state index in [1.165, 1.54) is 12.1 Å². The molecule has 1 atom stereocenters. The minimum Gasteiger partial charge on any atom is -0.329 e. The monoisotopic (exact) mass is 271 g/mol. The molecule has 0 amide bonds. The van der Waals surface area contributed by atoms with E-state index in [0.717, 1.165) is 31.7 Å². The molecule has 5 heteroatoms. The smallest absolute Gasteiger partial charge is 0.124 e. The van der Waals surface area contributed by atoms with E-state index < -0.39 is 0 Å². The molecule has 1 heterocycles. The topological polar surface area (TPSA) is 32.5 Å². The van der Waals surface area contributed by atoms with Gasteiger partial charge >= 0.3 is 0 Å². The maximum atomic E-state index is 13.0. The summed E-state index contributed by atoms with van der Waals surface area (Å²) in [6.07, 6.45) is 0. The van der Waals surface area contributed by atoms with Crippen molar-refractivity contribution in [3.63, 3.8) is 0 Å². The molecular weight excluding hydrogens is 253 g/mol. The van der Waals surface area contributed by atoms with Crippen LogP contribution in [0.1, 0.15) is 5.56 Å². The van der Waals surface area contributed by atoms with Crippen molar-refractivity contribution in [2.24, 2.45) is 5.73 Å². The molecule has 2 N–H and O–H groups in total. The average molecular weight is 272 g/mol. The van der Waals surface area contributed by atoms with Crippen LogP contribution in [0, 0.1) is 5.82 Å². The molecular formula is C13H19ClFN3. The Morgan fingerprint density at radius 3 is 2.89 bits per heavy atom. The van der Waals surface area contributed by atoms with Gasteiger partial charge in [0.1, 0.15) is 5.82 Å². The largest absolute Gasteiger partial charge is 0.329 e. The Bertz CT molecular complexity index is 413. The van der Waals surface area contributed by atoms with Crippen LogP contribution in [-0.2, 0) is 6.54 Å². The molecule has 1 aliphatic rings. The average Bonchev–Trinajstić information content (AvgIpc) is 2.34. The van der Waals surface area contributed by atoms with Crippen molar-refractivity contribution >= 4 is 11.6 Å². The van der Waals surface area contributed by atoms with Gasteiger partial charge in [0.05, 0.1) is 0 Å². The molecule has 1 saturated heterocycles. The maximum Gasteiger partial charge on any atom is 0.124 e. The van der Waals surface area contributed by atoms with E-state index in [9.17, 15) is 4.39 Å². The molecule has 18 heavy (non-hydrogen) atoms. The predicted molar refractivity (Wildman–Crippen MR) is 72.2 cm³/mol. The van der Waals surface area contributed by atoms with Crippen LogP contribution >= 0.6 is 11.6 Å². The number of rotatable bonds is 3. The summed E-state index contributed by atoms with van der Waals surface area (Å²) in [7, 11) is 2.10. The van der Waals surface area contributed by atoms with Gasteiger partial charge in [0.2, 0.25) is 0 Å². The third-order valence-electron chi connectivity index (χ3n) is 3.47. The lowest BCUT2D eigenvalue weighted by molar-refractivity contribution is 0.0881. The van der Waals surface area contributed by atoms with Crippen LogP contribution in [0.2, 0.25) is 5.02 Å². The molecule has 0 bridgehead atoms. The SMILES string of the molecule is CN1CCN(Cc2ccc(F)cc2Cl)C(CN)C1. The van der Waals surface area contributed by atoms with Gasteiger partial charge in [-0.1, -0.05) is 17.7 Å². The Morgan fingerprint density at radius 2 is 2.22 bits per heavy atom. The number of benzene rings is 1. The van der Waals surface area contributed by atoms with E-state index in [4.69, 9.17) is 17.3 Å². The molecule has 1 aliphatic heterocycles. The Balaban J connectivity index is 2.07. The molecule has 1 aromatic rings. The van der Waals surface area contributed by atoms with Crippen molar-refractivity contribution < 1.29 is 4.39 Å². The second kappa shape index (κ2) is 5.97. The Morgan fingerprint density at radius 1 is 1.44 bits per heavy atom. The molecule has 1 fully saturated rings. The minimum absolute atomic E-state index is 0.294. The Labute approximate surface area is 112 Å². The van der Waals surface area contributed by atoms with Crippen LogP contribution in [0.5, 0.6) is 0 Å². The van der Waals surface area contributed by atoms with Crippen LogP contribution < -0.4 is 5.73 Å². The van der Waals surface area contributed by atoms with Crippen molar-refractivity contribution in [2.75, 3.05) is 33.2 Å². The van der Waals surface area contributed by atoms with Crippen LogP contribution in [-0.4, -0.2) is 49.1 Å². The number of hydrogen-bond donors (Lipinski definition) is 1. The number of nitrogens with two attached hydrogens (primary N) is 1. The molecule has 0 saturated carbocycles. The van der Waals surface area contributed by atoms with Gasteiger partial charge in [-0.3, -0.25) is 4.90 Å². The van der Waals surface area contributed by atoms with Crippen molar-refractivity contribution in [3.8, 4) is 0 Å². The van der Waals surface area contributed by atoms with Gasteiger partial charge in [-0.2, -0.15) is 0 Å². The van der Waals surface area contributed by atoms with Crippen molar-refractivity contribution in [2.45, 2.75) is 12.6 Å². The van der Waals surface area contributed by atoms with Gasteiger partial charge in [0, 0.05) is 43.8 Å². The number of hydrogen-bond acceptors (Lipinski definition) is 3. The van der Waals surface area contributed by atoms with Gasteiger partial charge in [-0.05, 0) is 24.7 Å². The quantitative estimate of drug-likeness (QED) is 0.906. The third-order valence-corrected chi connectivity index (χ3v) is 3.82. The summed E-state index contributed by atoms with van der Waals surface area (Å²) < 4.78 is 13.0. The van der Waals surface area contributed by atoms with Gasteiger partial charge in [0.15, 0.2) is 0 Å². The lowest BCUT2D eigenvalue weighted by Gasteiger charge is -2.39. The summed E-state index contributed by atoms with van der Waals surface area (Å²) in [4.78, 5) is 4.60. The zero-order chi connectivity index (χ0) is 13.1. The van der Waals surface area contributed by atoms with Gasteiger partial charge in [-0.15, -0.1) is 0 Å². The zero-order valence-electron chi connectivity index (χ0n) is 10.6. The molecule has 0 radical (unpaired) electrons. The number of piperazine rings is 1. The molecule has 1 aromatic carbocycles. The predicted octanol–water partition coefficient (Wildman–Crippen LogP) is 1.55. The molecule has 0 aliphatic carbocycles. The van der Waals surface area contributed by atoms with E-state index in [0.29, 0.717) is 17.6 Å². The van der Waals surface area contributed by atoms with Gasteiger partial charge in [-0.25, -0.2) is 4.39 Å². The number of halogens is 2. The summed E-state index contributed by atoms with van der Waals surface area (Å²) in [6, 6.07) is 4.91. The molecule has 1 unspecified atom stereocenters. The van der Waals surface area contributed by atoms with Crippen molar-refractivity contribution in [1.82, 2.24) is 9.80 Å². The maximum absolute atomic E-state index is 13.0. The van der Waals surface area contributed by atoms with Crippen LogP contribution in [0.4, 0.5) is 4.39 Å². The minimum atomic E-state index is -0.294. The fraction of sp³-hybridized carbons (Fsp3) is 0.538. The summed E-state index contributed by atoms with van der Waals surface area (Å²) >= 11 is 6.06. The van der Waals surface area contributed by atoms with Crippen LogP contribution in [0.25, 0.3) is 0 Å². The molecule has 3 nitrogen and oxygen atoms in total. The second-order valence-corrected chi connectivity index (χ2v) is 5.27. The van der Waals surface area contributed by atoms with E-state index in [1.54, 1.807) is 6.07 Å². The van der Waals surface area contributed by atoms with Crippen LogP contribution in [0.3, 0.4) is 0 Å². The molecule has 0 spiro atoms. The van der Waals surface area contributed by atoms with E-state index >= 15 is 0 Å². The van der Waals surface area contributed by atoms with E-state index in [2.05, 4.69) is 16.8 Å². The fourth-order valence-electron chi connectivity index (χ4n) is 2.35. The first kappa shape index (κ1) is 13.7. The van der Waals surface area contributed by atoms with Gasteiger partial charge < -0.3 is 10.6 Å². The molecule has 2 rings (SSSR count). The standard InChI is InChI=1S/C13H19ClFN3/c1-17-4-5-18(12(7-16)9-17)8-10-2-3-11(15)6-13(10)14/h2-3,6,12H,4-5,7-9,16H2,1H3. The Hall–Kier alpha value is -0.680. The first-order valence-electron chi connectivity index (χ1n) is 6.16. The van der Waals surface area contributed by atoms with Gasteiger partial charge in [0.25, 0.3) is 0 Å². The Kier molecular flexibility index (Phi) is 4.56. The highest BCUT2D eigenvalue weighted by Gasteiger charge is 2.24. The second-order valence-electron chi connectivity index (χ2n) is 4.86. The lowest BCUT2D eigenvalue weighted by atomic mass is 10.1. The van der Waals surface area contributed by atoms with Crippen LogP contribution in [0.15, 0.2) is 18.2 Å². The first-order chi connectivity index (χ1) is 8.60. The summed E-state index contributed by atoms with van der Waals surface area (Å²) in [6.45, 7) is 4.31. The highest BCUT2D eigenvalue weighted by molar-refractivity contribution is 6.31. The third kappa shape index (κ3) is 3.20. The highest BCUT2D eigenvalue weighted by Crippen LogP contribution is 2.21. The van der Waals surface area contributed by atoms with E-state index in [1.807, 2.05) is 0 Å². The zero-order valence-corrected chi connectivity index (χ0v) is 11.3. The lowest BCUT2D eigenvalue weighted by Crippen LogP contribution is -2.54. The first-order valence-corrected chi connectivity index (χ1v) is 6.54. The number of nitrogens with zero attached hydrogens (tertiary/aromatic N) is 2. The van der Waals surface area contributed by atoms with E-state index in [-0.39, 0.29) is 5.82 Å². The van der Waals surface area contributed by atoms with Crippen molar-refractivity contribution in [3.05, 3.63) is 34.6 Å².